The predicted molar refractivity (Wildman–Crippen MR) is 117 cm³/mol. The van der Waals surface area contributed by atoms with Gasteiger partial charge in [0.15, 0.2) is 5.65 Å². The van der Waals surface area contributed by atoms with Crippen LogP contribution in [0.2, 0.25) is 0 Å². The Labute approximate surface area is 175 Å². The van der Waals surface area contributed by atoms with Crippen LogP contribution < -0.4 is 5.32 Å². The molecule has 1 N–H and O–H groups in total. The summed E-state index contributed by atoms with van der Waals surface area (Å²) in [6, 6.07) is 11.5. The summed E-state index contributed by atoms with van der Waals surface area (Å²) in [5.74, 6) is -0.141. The van der Waals surface area contributed by atoms with Crippen molar-refractivity contribution in [3.8, 4) is 5.69 Å². The molecule has 7 heteroatoms. The van der Waals surface area contributed by atoms with Crippen LogP contribution in [0.1, 0.15) is 52.9 Å². The maximum atomic E-state index is 13.3. The summed E-state index contributed by atoms with van der Waals surface area (Å²) in [7, 11) is 0. The molecule has 4 aromatic rings. The van der Waals surface area contributed by atoms with Gasteiger partial charge in [-0.05, 0) is 52.8 Å². The van der Waals surface area contributed by atoms with Crippen LogP contribution in [0.5, 0.6) is 0 Å². The maximum Gasteiger partial charge on any atom is 0.252 e. The van der Waals surface area contributed by atoms with Crippen molar-refractivity contribution < 1.29 is 4.79 Å². The second-order valence-electron chi connectivity index (χ2n) is 7.56. The molecular formula is C23H26N6O. The average molecular weight is 403 g/mol. The number of hydrogen-bond acceptors (Lipinski definition) is 4. The quantitative estimate of drug-likeness (QED) is 0.546. The molecule has 0 aliphatic rings. The lowest BCUT2D eigenvalue weighted by Crippen LogP contribution is -2.27. The molecule has 0 aliphatic heterocycles. The molecule has 0 saturated carbocycles. The van der Waals surface area contributed by atoms with Crippen molar-refractivity contribution in [3.63, 3.8) is 0 Å². The number of benzene rings is 1. The van der Waals surface area contributed by atoms with E-state index >= 15 is 0 Å². The van der Waals surface area contributed by atoms with Crippen molar-refractivity contribution >= 4 is 16.9 Å². The lowest BCUT2D eigenvalue weighted by atomic mass is 10.1. The zero-order chi connectivity index (χ0) is 21.4. The highest BCUT2D eigenvalue weighted by atomic mass is 16.1. The third-order valence-corrected chi connectivity index (χ3v) is 5.31. The number of carbonyl (C=O) groups is 1. The minimum Gasteiger partial charge on any atom is -0.345 e. The Balaban J connectivity index is 1.74. The lowest BCUT2D eigenvalue weighted by Gasteiger charge is -2.14. The highest BCUT2D eigenvalue weighted by Gasteiger charge is 2.22. The smallest absolute Gasteiger partial charge is 0.252 e. The number of aryl methyl sites for hydroxylation is 4. The van der Waals surface area contributed by atoms with Crippen molar-refractivity contribution in [2.24, 2.45) is 0 Å². The van der Waals surface area contributed by atoms with Gasteiger partial charge < -0.3 is 5.32 Å². The van der Waals surface area contributed by atoms with Gasteiger partial charge in [-0.25, -0.2) is 9.67 Å². The summed E-state index contributed by atoms with van der Waals surface area (Å²) >= 11 is 0. The van der Waals surface area contributed by atoms with Crippen LogP contribution in [-0.4, -0.2) is 30.5 Å². The Bertz CT molecular complexity index is 1220. The van der Waals surface area contributed by atoms with Crippen LogP contribution in [0, 0.1) is 20.8 Å². The summed E-state index contributed by atoms with van der Waals surface area (Å²) < 4.78 is 3.68. The highest BCUT2D eigenvalue weighted by Crippen LogP contribution is 2.26. The molecule has 4 rings (SSSR count). The van der Waals surface area contributed by atoms with E-state index in [4.69, 9.17) is 0 Å². The molecule has 1 aromatic carbocycles. The van der Waals surface area contributed by atoms with Gasteiger partial charge in [0.1, 0.15) is 0 Å². The SMILES string of the molecule is CCn1cc(C(C)NC(=O)c2cc(C)nc3c2c(C)nn3-c2ccccc2)c(C)n1. The molecule has 0 radical (unpaired) electrons. The third-order valence-electron chi connectivity index (χ3n) is 5.31. The van der Waals surface area contributed by atoms with E-state index in [0.29, 0.717) is 11.2 Å². The number of aromatic nitrogens is 5. The molecule has 1 unspecified atom stereocenters. The molecule has 0 spiro atoms. The predicted octanol–water partition coefficient (Wildman–Crippen LogP) is 4.05. The number of para-hydroxylation sites is 1. The highest BCUT2D eigenvalue weighted by molar-refractivity contribution is 6.07. The lowest BCUT2D eigenvalue weighted by molar-refractivity contribution is 0.0941. The molecule has 7 nitrogen and oxygen atoms in total. The van der Waals surface area contributed by atoms with Gasteiger partial charge in [-0.3, -0.25) is 9.48 Å². The third kappa shape index (κ3) is 3.47. The van der Waals surface area contributed by atoms with Gasteiger partial charge in [-0.2, -0.15) is 10.2 Å². The van der Waals surface area contributed by atoms with Crippen molar-refractivity contribution in [1.82, 2.24) is 29.9 Å². The molecule has 0 aliphatic carbocycles. The largest absolute Gasteiger partial charge is 0.345 e. The number of fused-ring (bicyclic) bond motifs is 1. The minimum absolute atomic E-state index is 0.141. The molecule has 1 atom stereocenters. The second kappa shape index (κ2) is 7.74. The Morgan fingerprint density at radius 3 is 2.50 bits per heavy atom. The van der Waals surface area contributed by atoms with E-state index in [9.17, 15) is 4.79 Å². The van der Waals surface area contributed by atoms with E-state index < -0.39 is 0 Å². The van der Waals surface area contributed by atoms with Gasteiger partial charge in [-0.15, -0.1) is 0 Å². The van der Waals surface area contributed by atoms with E-state index in [1.807, 2.05) is 81.9 Å². The van der Waals surface area contributed by atoms with E-state index in [0.717, 1.165) is 40.3 Å². The summed E-state index contributed by atoms with van der Waals surface area (Å²) in [5.41, 5.74) is 5.67. The standard InChI is InChI=1S/C23H26N6O/c1-6-28-13-20(16(4)26-28)15(3)25-23(30)19-12-14(2)24-22-21(19)17(5)27-29(22)18-10-8-7-9-11-18/h7-13,15H,6H2,1-5H3,(H,25,30). The minimum atomic E-state index is -0.161. The summed E-state index contributed by atoms with van der Waals surface area (Å²) in [5, 5.41) is 13.1. The molecular weight excluding hydrogens is 376 g/mol. The Morgan fingerprint density at radius 2 is 1.83 bits per heavy atom. The van der Waals surface area contributed by atoms with E-state index in [2.05, 4.69) is 20.5 Å². The van der Waals surface area contributed by atoms with E-state index in [1.54, 1.807) is 4.68 Å². The van der Waals surface area contributed by atoms with Crippen LogP contribution in [0.25, 0.3) is 16.7 Å². The van der Waals surface area contributed by atoms with Crippen LogP contribution in [0.3, 0.4) is 0 Å². The number of hydrogen-bond donors (Lipinski definition) is 1. The van der Waals surface area contributed by atoms with Gasteiger partial charge in [0.2, 0.25) is 0 Å². The number of nitrogens with zero attached hydrogens (tertiary/aromatic N) is 5. The zero-order valence-corrected chi connectivity index (χ0v) is 18.0. The van der Waals surface area contributed by atoms with Crippen molar-refractivity contribution in [2.75, 3.05) is 0 Å². The number of nitrogens with one attached hydrogen (secondary N) is 1. The Morgan fingerprint density at radius 1 is 1.10 bits per heavy atom. The first-order valence-corrected chi connectivity index (χ1v) is 10.2. The van der Waals surface area contributed by atoms with Gasteiger partial charge >= 0.3 is 0 Å². The van der Waals surface area contributed by atoms with Crippen LogP contribution in [-0.2, 0) is 6.54 Å². The molecule has 0 bridgehead atoms. The molecule has 3 aromatic heterocycles. The van der Waals surface area contributed by atoms with E-state index in [1.165, 1.54) is 0 Å². The van der Waals surface area contributed by atoms with Crippen LogP contribution in [0.15, 0.2) is 42.6 Å². The van der Waals surface area contributed by atoms with Gasteiger partial charge in [0, 0.05) is 24.0 Å². The van der Waals surface area contributed by atoms with Crippen molar-refractivity contribution in [3.05, 3.63) is 70.8 Å². The Hall–Kier alpha value is -3.48. The maximum absolute atomic E-state index is 13.3. The first kappa shape index (κ1) is 19.8. The fourth-order valence-electron chi connectivity index (χ4n) is 3.81. The number of pyridine rings is 1. The zero-order valence-electron chi connectivity index (χ0n) is 18.0. The van der Waals surface area contributed by atoms with Crippen molar-refractivity contribution in [1.29, 1.82) is 0 Å². The number of carbonyl (C=O) groups excluding carboxylic acids is 1. The molecule has 30 heavy (non-hydrogen) atoms. The number of amides is 1. The van der Waals surface area contributed by atoms with E-state index in [-0.39, 0.29) is 11.9 Å². The molecule has 154 valence electrons. The van der Waals surface area contributed by atoms with Crippen LogP contribution in [0.4, 0.5) is 0 Å². The molecule has 0 saturated heterocycles. The monoisotopic (exact) mass is 402 g/mol. The summed E-state index contributed by atoms with van der Waals surface area (Å²) in [4.78, 5) is 18.0. The summed E-state index contributed by atoms with van der Waals surface area (Å²) in [6.45, 7) is 10.6. The first-order valence-electron chi connectivity index (χ1n) is 10.2. The molecule has 3 heterocycles. The molecule has 1 amide bonds. The summed E-state index contributed by atoms with van der Waals surface area (Å²) in [6.07, 6.45) is 1.99. The van der Waals surface area contributed by atoms with Crippen LogP contribution >= 0.6 is 0 Å². The second-order valence-corrected chi connectivity index (χ2v) is 7.56. The first-order chi connectivity index (χ1) is 14.4. The Kier molecular flexibility index (Phi) is 5.11. The van der Waals surface area contributed by atoms with Gasteiger partial charge in [-0.1, -0.05) is 18.2 Å². The normalized spacial score (nSPS) is 12.3. The van der Waals surface area contributed by atoms with Gasteiger partial charge in [0.25, 0.3) is 5.91 Å². The fourth-order valence-corrected chi connectivity index (χ4v) is 3.81. The average Bonchev–Trinajstić information content (AvgIpc) is 3.27. The number of rotatable bonds is 5. The van der Waals surface area contributed by atoms with Gasteiger partial charge in [0.05, 0.1) is 34.1 Å². The topological polar surface area (TPSA) is 77.6 Å². The fraction of sp³-hybridized carbons (Fsp3) is 0.304. The molecule has 0 fully saturated rings. The van der Waals surface area contributed by atoms with Crippen molar-refractivity contribution in [2.45, 2.75) is 47.2 Å².